The first-order chi connectivity index (χ1) is 18.3. The Bertz CT molecular complexity index is 1070. The second-order valence-corrected chi connectivity index (χ2v) is 8.83. The van der Waals surface area contributed by atoms with Gasteiger partial charge >= 0.3 is 0 Å². The van der Waals surface area contributed by atoms with E-state index in [9.17, 15) is 5.11 Å². The topological polar surface area (TPSA) is 66.4 Å². The second-order valence-electron chi connectivity index (χ2n) is 8.83. The fraction of sp³-hybridized carbons (Fsp3) is 0.355. The van der Waals surface area contributed by atoms with Crippen LogP contribution in [0.15, 0.2) is 91.0 Å². The largest absolute Gasteiger partial charge is 0.394 e. The minimum Gasteiger partial charge on any atom is -0.394 e. The normalized spacial score (nSPS) is 23.4. The summed E-state index contributed by atoms with van der Waals surface area (Å²) in [6.45, 7) is 1.06. The molecule has 0 aromatic heterocycles. The molecule has 1 unspecified atom stereocenters. The van der Waals surface area contributed by atoms with E-state index in [-0.39, 0.29) is 6.61 Å². The molecule has 6 heteroatoms. The molecule has 1 heterocycles. The Labute approximate surface area is 219 Å². The van der Waals surface area contributed by atoms with Crippen molar-refractivity contribution >= 4 is 0 Å². The summed E-state index contributed by atoms with van der Waals surface area (Å²) >= 11 is 0. The van der Waals surface area contributed by atoms with Crippen molar-refractivity contribution in [3.05, 3.63) is 108 Å². The average Bonchev–Trinajstić information content (AvgIpc) is 2.96. The SMILES string of the molecule is C#CCCOC1O[C@H](CO)[C@@H](OCc2ccccc2)[C@H](OCc2ccccc2)[C@H]1OCc1ccccc1. The lowest BCUT2D eigenvalue weighted by Crippen LogP contribution is -2.61. The van der Waals surface area contributed by atoms with Crippen molar-refractivity contribution in [2.75, 3.05) is 13.2 Å². The summed E-state index contributed by atoms with van der Waals surface area (Å²) in [7, 11) is 0. The molecule has 1 aliphatic heterocycles. The van der Waals surface area contributed by atoms with E-state index in [1.165, 1.54) is 0 Å². The Morgan fingerprint density at radius 2 is 1.11 bits per heavy atom. The van der Waals surface area contributed by atoms with Crippen molar-refractivity contribution in [2.45, 2.75) is 56.9 Å². The smallest absolute Gasteiger partial charge is 0.186 e. The number of hydrogen-bond donors (Lipinski definition) is 1. The highest BCUT2D eigenvalue weighted by Crippen LogP contribution is 2.31. The summed E-state index contributed by atoms with van der Waals surface area (Å²) in [5, 5.41) is 10.3. The summed E-state index contributed by atoms with van der Waals surface area (Å²) in [6, 6.07) is 29.7. The Kier molecular flexibility index (Phi) is 10.7. The molecular weight excluding hydrogens is 468 g/mol. The van der Waals surface area contributed by atoms with Crippen molar-refractivity contribution in [1.82, 2.24) is 0 Å². The van der Waals surface area contributed by atoms with Gasteiger partial charge in [0.25, 0.3) is 0 Å². The van der Waals surface area contributed by atoms with Gasteiger partial charge in [0.15, 0.2) is 6.29 Å². The molecule has 0 radical (unpaired) electrons. The third-order valence-corrected chi connectivity index (χ3v) is 6.16. The molecule has 3 aromatic rings. The van der Waals surface area contributed by atoms with Gasteiger partial charge in [-0.25, -0.2) is 0 Å². The summed E-state index contributed by atoms with van der Waals surface area (Å²) in [6.07, 6.45) is 2.62. The first-order valence-electron chi connectivity index (χ1n) is 12.6. The van der Waals surface area contributed by atoms with Crippen LogP contribution in [0, 0.1) is 12.3 Å². The number of terminal acetylenes is 1. The first-order valence-corrected chi connectivity index (χ1v) is 12.6. The lowest BCUT2D eigenvalue weighted by atomic mass is 9.98. The molecule has 1 fully saturated rings. The zero-order valence-corrected chi connectivity index (χ0v) is 20.9. The standard InChI is InChI=1S/C31H34O6/c1-2-3-19-33-31-30(36-23-26-17-11-6-12-18-26)29(35-22-25-15-9-5-10-16-25)28(27(20-32)37-31)34-21-24-13-7-4-8-14-24/h1,4-18,27-32H,3,19-23H2/t27-,28-,29+,30-,31?/m1/s1. The van der Waals surface area contributed by atoms with E-state index >= 15 is 0 Å². The van der Waals surface area contributed by atoms with Crippen molar-refractivity contribution in [3.8, 4) is 12.3 Å². The molecule has 0 amide bonds. The van der Waals surface area contributed by atoms with E-state index < -0.39 is 30.7 Å². The third-order valence-electron chi connectivity index (χ3n) is 6.16. The minimum absolute atomic E-state index is 0.259. The van der Waals surface area contributed by atoms with Crippen LogP contribution in [-0.4, -0.2) is 49.0 Å². The molecule has 5 atom stereocenters. The van der Waals surface area contributed by atoms with E-state index in [1.54, 1.807) is 0 Å². The molecule has 0 spiro atoms. The molecule has 6 nitrogen and oxygen atoms in total. The molecule has 1 N–H and O–H groups in total. The second kappa shape index (κ2) is 14.7. The molecule has 0 aliphatic carbocycles. The van der Waals surface area contributed by atoms with Gasteiger partial charge in [-0.2, -0.15) is 0 Å². The molecule has 1 saturated heterocycles. The van der Waals surface area contributed by atoms with Gasteiger partial charge in [0.1, 0.15) is 24.4 Å². The maximum atomic E-state index is 10.3. The number of ether oxygens (including phenoxy) is 5. The van der Waals surface area contributed by atoms with Crippen LogP contribution in [0.4, 0.5) is 0 Å². The molecule has 194 valence electrons. The van der Waals surface area contributed by atoms with Gasteiger partial charge in [-0.1, -0.05) is 91.0 Å². The van der Waals surface area contributed by atoms with Crippen LogP contribution in [-0.2, 0) is 43.5 Å². The van der Waals surface area contributed by atoms with Gasteiger partial charge in [0.05, 0.1) is 33.0 Å². The summed E-state index contributed by atoms with van der Waals surface area (Å²) < 4.78 is 31.4. The van der Waals surface area contributed by atoms with Gasteiger partial charge in [0.2, 0.25) is 0 Å². The fourth-order valence-electron chi connectivity index (χ4n) is 4.26. The Hall–Kier alpha value is -3.02. The Morgan fingerprint density at radius 3 is 1.57 bits per heavy atom. The molecular formula is C31H34O6. The van der Waals surface area contributed by atoms with E-state index in [1.807, 2.05) is 91.0 Å². The molecule has 1 aliphatic rings. The molecule has 0 saturated carbocycles. The molecule has 4 rings (SSSR count). The van der Waals surface area contributed by atoms with Crippen LogP contribution < -0.4 is 0 Å². The summed E-state index contributed by atoms with van der Waals surface area (Å²) in [5.41, 5.74) is 3.04. The van der Waals surface area contributed by atoms with Gasteiger partial charge in [-0.3, -0.25) is 0 Å². The maximum absolute atomic E-state index is 10.3. The van der Waals surface area contributed by atoms with Crippen LogP contribution in [0.3, 0.4) is 0 Å². The van der Waals surface area contributed by atoms with Crippen LogP contribution in [0.5, 0.6) is 0 Å². The lowest BCUT2D eigenvalue weighted by molar-refractivity contribution is -0.326. The third kappa shape index (κ3) is 7.98. The molecule has 3 aromatic carbocycles. The number of rotatable bonds is 13. The molecule has 0 bridgehead atoms. The lowest BCUT2D eigenvalue weighted by Gasteiger charge is -2.45. The van der Waals surface area contributed by atoms with Gasteiger partial charge in [0, 0.05) is 6.42 Å². The van der Waals surface area contributed by atoms with Crippen molar-refractivity contribution in [3.63, 3.8) is 0 Å². The number of benzene rings is 3. The molecule has 37 heavy (non-hydrogen) atoms. The van der Waals surface area contributed by atoms with E-state index in [4.69, 9.17) is 30.1 Å². The quantitative estimate of drug-likeness (QED) is 0.274. The van der Waals surface area contributed by atoms with E-state index in [0.717, 1.165) is 16.7 Å². The van der Waals surface area contributed by atoms with Crippen molar-refractivity contribution in [2.24, 2.45) is 0 Å². The van der Waals surface area contributed by atoms with Gasteiger partial charge in [-0.05, 0) is 16.7 Å². The van der Waals surface area contributed by atoms with Crippen molar-refractivity contribution < 1.29 is 28.8 Å². The summed E-state index contributed by atoms with van der Waals surface area (Å²) in [4.78, 5) is 0. The maximum Gasteiger partial charge on any atom is 0.186 e. The highest BCUT2D eigenvalue weighted by atomic mass is 16.7. The van der Waals surface area contributed by atoms with E-state index in [0.29, 0.717) is 32.8 Å². The van der Waals surface area contributed by atoms with Crippen LogP contribution in [0.1, 0.15) is 23.1 Å². The number of aliphatic hydroxyl groups excluding tert-OH is 1. The monoisotopic (exact) mass is 502 g/mol. The number of hydrogen-bond acceptors (Lipinski definition) is 6. The fourth-order valence-corrected chi connectivity index (χ4v) is 4.26. The van der Waals surface area contributed by atoms with Crippen LogP contribution in [0.2, 0.25) is 0 Å². The van der Waals surface area contributed by atoms with Crippen LogP contribution >= 0.6 is 0 Å². The highest BCUT2D eigenvalue weighted by molar-refractivity contribution is 5.15. The number of aliphatic hydroxyl groups is 1. The van der Waals surface area contributed by atoms with Crippen LogP contribution in [0.25, 0.3) is 0 Å². The van der Waals surface area contributed by atoms with Crippen molar-refractivity contribution in [1.29, 1.82) is 0 Å². The van der Waals surface area contributed by atoms with Gasteiger partial charge in [-0.15, -0.1) is 12.3 Å². The Morgan fingerprint density at radius 1 is 0.649 bits per heavy atom. The highest BCUT2D eigenvalue weighted by Gasteiger charge is 2.48. The predicted octanol–water partition coefficient (Wildman–Crippen LogP) is 4.50. The zero-order chi connectivity index (χ0) is 25.7. The average molecular weight is 503 g/mol. The van der Waals surface area contributed by atoms with E-state index in [2.05, 4.69) is 5.92 Å². The minimum atomic E-state index is -0.786. The predicted molar refractivity (Wildman–Crippen MR) is 140 cm³/mol. The first kappa shape index (κ1) is 27.0. The zero-order valence-electron chi connectivity index (χ0n) is 20.9. The van der Waals surface area contributed by atoms with Gasteiger partial charge < -0.3 is 28.8 Å². The Balaban J connectivity index is 1.59. The summed E-state index contributed by atoms with van der Waals surface area (Å²) in [5.74, 6) is 2.58.